The van der Waals surface area contributed by atoms with E-state index in [1.807, 2.05) is 0 Å². The van der Waals surface area contributed by atoms with Crippen molar-refractivity contribution < 1.29 is 8.42 Å². The van der Waals surface area contributed by atoms with Gasteiger partial charge in [0.25, 0.3) is 0 Å². The van der Waals surface area contributed by atoms with Gasteiger partial charge in [0.15, 0.2) is 0 Å². The van der Waals surface area contributed by atoms with E-state index in [1.165, 1.54) is 6.20 Å². The zero-order valence-corrected chi connectivity index (χ0v) is 13.3. The Bertz CT molecular complexity index is 601. The summed E-state index contributed by atoms with van der Waals surface area (Å²) in [7, 11) is -1.67. The summed E-state index contributed by atoms with van der Waals surface area (Å²) in [6, 6.07) is 0.153. The summed E-state index contributed by atoms with van der Waals surface area (Å²) in [6.07, 6.45) is 3.51. The van der Waals surface area contributed by atoms with Gasteiger partial charge in [0.1, 0.15) is 4.90 Å². The van der Waals surface area contributed by atoms with Crippen molar-refractivity contribution in [3.63, 3.8) is 0 Å². The molecule has 6 nitrogen and oxygen atoms in total. The van der Waals surface area contributed by atoms with Gasteiger partial charge in [-0.3, -0.25) is 4.68 Å². The van der Waals surface area contributed by atoms with Crippen molar-refractivity contribution in [3.05, 3.63) is 11.9 Å². The molecule has 0 radical (unpaired) electrons. The highest BCUT2D eigenvalue weighted by atomic mass is 35.5. The van der Waals surface area contributed by atoms with Crippen LogP contribution in [-0.4, -0.2) is 41.6 Å². The third-order valence-electron chi connectivity index (χ3n) is 4.69. The molecule has 2 N–H and O–H groups in total. The van der Waals surface area contributed by atoms with E-state index in [2.05, 4.69) is 5.10 Å². The molecule has 0 amide bonds. The van der Waals surface area contributed by atoms with Crippen molar-refractivity contribution >= 4 is 22.4 Å². The highest BCUT2D eigenvalue weighted by Gasteiger charge is 2.45. The number of sulfonamides is 1. The zero-order chi connectivity index (χ0) is 13.8. The largest absolute Gasteiger partial charge is 0.327 e. The van der Waals surface area contributed by atoms with Gasteiger partial charge in [-0.1, -0.05) is 0 Å². The van der Waals surface area contributed by atoms with Gasteiger partial charge in [0.2, 0.25) is 10.0 Å². The molecule has 3 unspecified atom stereocenters. The summed E-state index contributed by atoms with van der Waals surface area (Å²) in [5, 5.41) is 4.03. The molecule has 2 aliphatic rings. The normalized spacial score (nSPS) is 30.2. The molecule has 1 aliphatic heterocycles. The summed E-state index contributed by atoms with van der Waals surface area (Å²) >= 11 is 0. The van der Waals surface area contributed by atoms with Crippen LogP contribution in [0.2, 0.25) is 0 Å². The first kappa shape index (κ1) is 15.8. The number of nitrogens with zero attached hydrogens (tertiary/aromatic N) is 3. The van der Waals surface area contributed by atoms with Gasteiger partial charge in [-0.2, -0.15) is 9.40 Å². The van der Waals surface area contributed by atoms with E-state index in [1.54, 1.807) is 23.0 Å². The number of aryl methyl sites for hydroxylation is 1. The van der Waals surface area contributed by atoms with Crippen molar-refractivity contribution in [1.82, 2.24) is 14.1 Å². The number of nitrogens with two attached hydrogens (primary N) is 1. The Hall–Kier alpha value is -0.630. The van der Waals surface area contributed by atoms with Crippen LogP contribution in [0, 0.1) is 18.8 Å². The topological polar surface area (TPSA) is 81.2 Å². The first-order valence-electron chi connectivity index (χ1n) is 6.65. The molecule has 1 saturated heterocycles. The third kappa shape index (κ3) is 2.26. The van der Waals surface area contributed by atoms with Crippen LogP contribution in [0.1, 0.15) is 18.5 Å². The van der Waals surface area contributed by atoms with Crippen LogP contribution < -0.4 is 5.73 Å². The maximum atomic E-state index is 12.6. The quantitative estimate of drug-likeness (QED) is 0.861. The molecule has 2 heterocycles. The van der Waals surface area contributed by atoms with Crippen LogP contribution in [0.3, 0.4) is 0 Å². The second kappa shape index (κ2) is 5.29. The van der Waals surface area contributed by atoms with Crippen molar-refractivity contribution in [1.29, 1.82) is 0 Å². The fourth-order valence-electron chi connectivity index (χ4n) is 3.33. The van der Waals surface area contributed by atoms with Gasteiger partial charge < -0.3 is 5.73 Å². The average Bonchev–Trinajstić information content (AvgIpc) is 2.99. The molecule has 0 bridgehead atoms. The Labute approximate surface area is 125 Å². The lowest BCUT2D eigenvalue weighted by Crippen LogP contribution is -2.33. The number of aromatic nitrogens is 2. The summed E-state index contributed by atoms with van der Waals surface area (Å²) in [5.74, 6) is 0.758. The van der Waals surface area contributed by atoms with Gasteiger partial charge in [0, 0.05) is 26.2 Å². The Kier molecular flexibility index (Phi) is 4.17. The second-order valence-electron chi connectivity index (χ2n) is 5.70. The van der Waals surface area contributed by atoms with Crippen molar-refractivity contribution in [3.8, 4) is 0 Å². The van der Waals surface area contributed by atoms with Crippen LogP contribution in [-0.2, 0) is 17.1 Å². The smallest absolute Gasteiger partial charge is 0.246 e. The standard InChI is InChI=1S/C12H20N4O2S.ClH/c1-8-12(5-14-15(8)2)19(17,18)16-6-9-3-4-11(13)10(9)7-16;/h5,9-11H,3-4,6-7,13H2,1-2H3;1H. The summed E-state index contributed by atoms with van der Waals surface area (Å²) < 4.78 is 28.5. The Morgan fingerprint density at radius 2 is 2.05 bits per heavy atom. The SMILES string of the molecule is Cc1c(S(=O)(=O)N2CC3CCC(N)C3C2)cnn1C.Cl. The lowest BCUT2D eigenvalue weighted by atomic mass is 9.98. The first-order chi connectivity index (χ1) is 8.91. The Morgan fingerprint density at radius 3 is 2.60 bits per heavy atom. The van der Waals surface area contributed by atoms with Crippen molar-refractivity contribution in [2.45, 2.75) is 30.7 Å². The lowest BCUT2D eigenvalue weighted by molar-refractivity contribution is 0.426. The molecule has 1 aromatic heterocycles. The number of rotatable bonds is 2. The average molecular weight is 321 g/mol. The molecule has 0 aromatic carbocycles. The highest BCUT2D eigenvalue weighted by molar-refractivity contribution is 7.89. The van der Waals surface area contributed by atoms with Crippen molar-refractivity contribution in [2.24, 2.45) is 24.6 Å². The molecule has 3 rings (SSSR count). The first-order valence-corrected chi connectivity index (χ1v) is 8.09. The molecule has 1 saturated carbocycles. The van der Waals surface area contributed by atoms with E-state index < -0.39 is 10.0 Å². The molecule has 3 atom stereocenters. The minimum atomic E-state index is -3.42. The van der Waals surface area contributed by atoms with Crippen LogP contribution in [0.4, 0.5) is 0 Å². The minimum absolute atomic E-state index is 0. The van der Waals surface area contributed by atoms with Crippen LogP contribution in [0.15, 0.2) is 11.1 Å². The highest BCUT2D eigenvalue weighted by Crippen LogP contribution is 2.39. The second-order valence-corrected chi connectivity index (χ2v) is 7.61. The molecular weight excluding hydrogens is 300 g/mol. The van der Waals surface area contributed by atoms with E-state index in [0.29, 0.717) is 35.5 Å². The number of hydrogen-bond acceptors (Lipinski definition) is 4. The predicted molar refractivity (Wildman–Crippen MR) is 78.1 cm³/mol. The monoisotopic (exact) mass is 320 g/mol. The molecular formula is C12H21ClN4O2S. The van der Waals surface area contributed by atoms with Gasteiger partial charge in [-0.15, -0.1) is 12.4 Å². The van der Waals surface area contributed by atoms with Crippen molar-refractivity contribution in [2.75, 3.05) is 13.1 Å². The Morgan fingerprint density at radius 1 is 1.35 bits per heavy atom. The van der Waals surface area contributed by atoms with E-state index >= 15 is 0 Å². The summed E-state index contributed by atoms with van der Waals surface area (Å²) in [5.41, 5.74) is 6.74. The molecule has 114 valence electrons. The molecule has 2 fully saturated rings. The third-order valence-corrected chi connectivity index (χ3v) is 6.62. The maximum Gasteiger partial charge on any atom is 0.246 e. The summed E-state index contributed by atoms with van der Waals surface area (Å²) in [6.45, 7) is 2.94. The fraction of sp³-hybridized carbons (Fsp3) is 0.750. The van der Waals surface area contributed by atoms with E-state index in [4.69, 9.17) is 5.73 Å². The fourth-order valence-corrected chi connectivity index (χ4v) is 5.05. The van der Waals surface area contributed by atoms with Gasteiger partial charge >= 0.3 is 0 Å². The van der Waals surface area contributed by atoms with Crippen LogP contribution >= 0.6 is 12.4 Å². The summed E-state index contributed by atoms with van der Waals surface area (Å²) in [4.78, 5) is 0.323. The zero-order valence-electron chi connectivity index (χ0n) is 11.7. The molecule has 0 spiro atoms. The number of halogens is 1. The van der Waals surface area contributed by atoms with Crippen LogP contribution in [0.25, 0.3) is 0 Å². The number of fused-ring (bicyclic) bond motifs is 1. The van der Waals surface area contributed by atoms with Gasteiger partial charge in [-0.25, -0.2) is 8.42 Å². The van der Waals surface area contributed by atoms with Crippen LogP contribution in [0.5, 0.6) is 0 Å². The maximum absolute atomic E-state index is 12.6. The predicted octanol–water partition coefficient (Wildman–Crippen LogP) is 0.508. The van der Waals surface area contributed by atoms with E-state index in [9.17, 15) is 8.42 Å². The van der Waals surface area contributed by atoms with E-state index in [-0.39, 0.29) is 18.4 Å². The van der Waals surface area contributed by atoms with Gasteiger partial charge in [0.05, 0.1) is 11.9 Å². The van der Waals surface area contributed by atoms with Gasteiger partial charge in [-0.05, 0) is 31.6 Å². The molecule has 1 aliphatic carbocycles. The number of hydrogen-bond donors (Lipinski definition) is 1. The molecule has 1 aromatic rings. The molecule has 8 heteroatoms. The van der Waals surface area contributed by atoms with E-state index in [0.717, 1.165) is 12.8 Å². The molecule has 20 heavy (non-hydrogen) atoms. The minimum Gasteiger partial charge on any atom is -0.327 e. The Balaban J connectivity index is 0.00000147. The lowest BCUT2D eigenvalue weighted by Gasteiger charge is -2.18.